The Morgan fingerprint density at radius 1 is 0.279 bits per heavy atom. The van der Waals surface area contributed by atoms with Crippen LogP contribution in [0.25, 0.3) is 0 Å². The van der Waals surface area contributed by atoms with Gasteiger partial charge in [0.15, 0.2) is 12.2 Å². The number of ether oxygens (including phenoxy) is 4. The van der Waals surface area contributed by atoms with Crippen LogP contribution in [0.15, 0.2) is 0 Å². The summed E-state index contributed by atoms with van der Waals surface area (Å²) in [5.74, 6) is 0.374. The van der Waals surface area contributed by atoms with E-state index in [1.54, 1.807) is 0 Å². The third kappa shape index (κ3) is 75.5. The van der Waals surface area contributed by atoms with E-state index in [-0.39, 0.29) is 25.7 Å². The summed E-state index contributed by atoms with van der Waals surface area (Å²) >= 11 is 0. The smallest absolute Gasteiger partial charge is 0.462 e. The van der Waals surface area contributed by atoms with Crippen LogP contribution >= 0.6 is 15.6 Å². The Kier molecular flexibility index (Phi) is 73.7. The first-order valence-corrected chi connectivity index (χ1v) is 46.9. The van der Waals surface area contributed by atoms with Crippen molar-refractivity contribution in [1.29, 1.82) is 0 Å². The van der Waals surface area contributed by atoms with Crippen molar-refractivity contribution in [1.82, 2.24) is 0 Å². The number of unbranched alkanes of at least 4 members (excludes halogenated alkanes) is 49. The first kappa shape index (κ1) is 102. The predicted octanol–water partition coefficient (Wildman–Crippen LogP) is 25.7. The molecule has 0 aromatic carbocycles. The number of hydrogen-bond acceptors (Lipinski definition) is 15. The molecule has 19 heteroatoms. The van der Waals surface area contributed by atoms with Gasteiger partial charge in [0.1, 0.15) is 19.3 Å². The zero-order chi connectivity index (χ0) is 76.5. The van der Waals surface area contributed by atoms with Gasteiger partial charge in [-0.3, -0.25) is 37.3 Å². The van der Waals surface area contributed by atoms with Crippen LogP contribution in [0.3, 0.4) is 0 Å². The monoisotopic (exact) mass is 1520 g/mol. The van der Waals surface area contributed by atoms with E-state index < -0.39 is 97.5 Å². The molecule has 0 aliphatic carbocycles. The van der Waals surface area contributed by atoms with Crippen LogP contribution in [-0.4, -0.2) is 96.7 Å². The molecule has 0 saturated carbocycles. The van der Waals surface area contributed by atoms with E-state index in [0.29, 0.717) is 25.7 Å². The van der Waals surface area contributed by atoms with Gasteiger partial charge in [0.25, 0.3) is 0 Å². The van der Waals surface area contributed by atoms with Gasteiger partial charge in [-0.25, -0.2) is 9.13 Å². The minimum Gasteiger partial charge on any atom is -0.462 e. The Bertz CT molecular complexity index is 2010. The normalized spacial score (nSPS) is 14.4. The number of esters is 4. The van der Waals surface area contributed by atoms with Gasteiger partial charge in [-0.15, -0.1) is 0 Å². The van der Waals surface area contributed by atoms with Crippen molar-refractivity contribution in [2.45, 2.75) is 465 Å². The van der Waals surface area contributed by atoms with Gasteiger partial charge < -0.3 is 33.8 Å². The third-order valence-corrected chi connectivity index (χ3v) is 22.5. The maximum absolute atomic E-state index is 13.1. The topological polar surface area (TPSA) is 237 Å². The van der Waals surface area contributed by atoms with Crippen LogP contribution in [0.4, 0.5) is 0 Å². The highest BCUT2D eigenvalue weighted by Gasteiger charge is 2.30. The molecule has 0 aromatic rings. The van der Waals surface area contributed by atoms with Crippen LogP contribution in [0, 0.1) is 17.8 Å². The molecule has 618 valence electrons. The van der Waals surface area contributed by atoms with Crippen LogP contribution in [0.2, 0.25) is 0 Å². The van der Waals surface area contributed by atoms with Crippen molar-refractivity contribution in [3.05, 3.63) is 0 Å². The number of phosphoric acid groups is 2. The van der Waals surface area contributed by atoms with E-state index in [2.05, 4.69) is 48.5 Å². The number of rotatable bonds is 83. The molecule has 17 nitrogen and oxygen atoms in total. The van der Waals surface area contributed by atoms with E-state index in [1.807, 2.05) is 0 Å². The summed E-state index contributed by atoms with van der Waals surface area (Å²) in [6.07, 6.45) is 65.1. The highest BCUT2D eigenvalue weighted by Crippen LogP contribution is 2.45. The maximum atomic E-state index is 13.1. The summed E-state index contributed by atoms with van der Waals surface area (Å²) in [6.45, 7) is 12.1. The van der Waals surface area contributed by atoms with E-state index in [9.17, 15) is 43.2 Å². The van der Waals surface area contributed by atoms with Crippen LogP contribution in [0.5, 0.6) is 0 Å². The van der Waals surface area contributed by atoms with Gasteiger partial charge in [-0.2, -0.15) is 0 Å². The maximum Gasteiger partial charge on any atom is 0.472 e. The summed E-state index contributed by atoms with van der Waals surface area (Å²) < 4.78 is 68.8. The first-order chi connectivity index (χ1) is 50.3. The molecule has 0 aromatic heterocycles. The molecule has 0 amide bonds. The quantitative estimate of drug-likeness (QED) is 0.0222. The lowest BCUT2D eigenvalue weighted by molar-refractivity contribution is -0.161. The summed E-state index contributed by atoms with van der Waals surface area (Å²) in [6, 6.07) is 0. The van der Waals surface area contributed by atoms with Gasteiger partial charge >= 0.3 is 39.5 Å². The Morgan fingerprint density at radius 2 is 0.490 bits per heavy atom. The van der Waals surface area contributed by atoms with Crippen molar-refractivity contribution in [3.8, 4) is 0 Å². The molecule has 0 fully saturated rings. The minimum absolute atomic E-state index is 0.106. The Hall–Kier alpha value is -1.94. The average Bonchev–Trinajstić information content (AvgIpc) is 0.938. The second kappa shape index (κ2) is 75.1. The molecule has 0 aliphatic rings. The van der Waals surface area contributed by atoms with Crippen molar-refractivity contribution in [2.75, 3.05) is 39.6 Å². The van der Waals surface area contributed by atoms with E-state index in [0.717, 1.165) is 108 Å². The van der Waals surface area contributed by atoms with Gasteiger partial charge in [-0.1, -0.05) is 395 Å². The van der Waals surface area contributed by atoms with Crippen molar-refractivity contribution >= 4 is 39.5 Å². The Balaban J connectivity index is 5.22. The molecule has 0 aliphatic heterocycles. The Morgan fingerprint density at radius 3 is 0.731 bits per heavy atom. The summed E-state index contributed by atoms with van der Waals surface area (Å²) in [4.78, 5) is 73.1. The summed E-state index contributed by atoms with van der Waals surface area (Å²) in [7, 11) is -9.93. The molecule has 0 heterocycles. The molecule has 0 spiro atoms. The molecule has 0 radical (unpaired) electrons. The van der Waals surface area contributed by atoms with Gasteiger partial charge in [0.2, 0.25) is 0 Å². The number of carbonyl (C=O) groups excluding carboxylic acids is 4. The largest absolute Gasteiger partial charge is 0.472 e. The van der Waals surface area contributed by atoms with E-state index in [4.69, 9.17) is 37.0 Å². The molecule has 104 heavy (non-hydrogen) atoms. The fraction of sp³-hybridized carbons (Fsp3) is 0.953. The fourth-order valence-electron chi connectivity index (χ4n) is 13.1. The van der Waals surface area contributed by atoms with Crippen LogP contribution < -0.4 is 0 Å². The van der Waals surface area contributed by atoms with Crippen molar-refractivity contribution in [3.63, 3.8) is 0 Å². The van der Waals surface area contributed by atoms with E-state index in [1.165, 1.54) is 257 Å². The summed E-state index contributed by atoms with van der Waals surface area (Å²) in [5, 5.41) is 10.7. The molecule has 0 rings (SSSR count). The van der Waals surface area contributed by atoms with E-state index >= 15 is 0 Å². The van der Waals surface area contributed by atoms with Gasteiger partial charge in [0.05, 0.1) is 26.4 Å². The molecule has 0 saturated heterocycles. The molecule has 0 bridgehead atoms. The molecular formula is C85H166O17P2. The fourth-order valence-corrected chi connectivity index (χ4v) is 14.7. The summed E-state index contributed by atoms with van der Waals surface area (Å²) in [5.41, 5.74) is 0. The standard InChI is InChI=1S/C85H166O17P2/c1-8-11-12-13-14-15-38-45-52-59-66-82(87)95-72-80(102-85(90)69-62-55-48-41-34-33-37-44-51-58-65-78(7)10-3)74-99-103(91,92)97-70-79(86)71-98-104(93,94)100-75-81(73-96-83(88)67-60-53-46-39-31-27-24-20-21-25-29-35-42-49-56-63-76(4)5)101-84(89)68-61-54-47-40-32-28-23-19-17-16-18-22-26-30-36-43-50-57-64-77(6)9-2/h76-81,86H,8-75H2,1-7H3,(H,91,92)(H,93,94)/t77?,78?,79-,80+,81+/m0/s1. The minimum atomic E-state index is -4.97. The second-order valence-corrected chi connectivity index (χ2v) is 34.4. The number of aliphatic hydroxyl groups is 1. The lowest BCUT2D eigenvalue weighted by atomic mass is 9.99. The third-order valence-electron chi connectivity index (χ3n) is 20.6. The number of hydrogen-bond donors (Lipinski definition) is 3. The van der Waals surface area contributed by atoms with Crippen LogP contribution in [0.1, 0.15) is 447 Å². The highest BCUT2D eigenvalue weighted by molar-refractivity contribution is 7.47. The van der Waals surface area contributed by atoms with Gasteiger partial charge in [-0.05, 0) is 43.4 Å². The SMILES string of the molecule is CCCCCCCCCCCCC(=O)OC[C@H](COP(=O)(O)OC[C@H](O)COP(=O)(O)OC[C@@H](COC(=O)CCCCCCCCCCCCCCCCCC(C)C)OC(=O)CCCCCCCCCCCCCCCCCCCCC(C)CC)OC(=O)CCCCCCCCCCCCC(C)CC. The number of aliphatic hydroxyl groups excluding tert-OH is 1. The first-order valence-electron chi connectivity index (χ1n) is 43.9. The molecule has 7 atom stereocenters. The van der Waals surface area contributed by atoms with Crippen molar-refractivity contribution < 1.29 is 80.2 Å². The zero-order valence-corrected chi connectivity index (χ0v) is 70.3. The molecule has 3 N–H and O–H groups in total. The highest BCUT2D eigenvalue weighted by atomic mass is 31.2. The number of phosphoric ester groups is 2. The van der Waals surface area contributed by atoms with Gasteiger partial charge in [0, 0.05) is 25.7 Å². The van der Waals surface area contributed by atoms with Crippen LogP contribution in [-0.2, 0) is 65.4 Å². The lowest BCUT2D eigenvalue weighted by Crippen LogP contribution is -2.30. The number of carbonyl (C=O) groups is 4. The second-order valence-electron chi connectivity index (χ2n) is 31.5. The lowest BCUT2D eigenvalue weighted by Gasteiger charge is -2.21. The van der Waals surface area contributed by atoms with Crippen molar-refractivity contribution in [2.24, 2.45) is 17.8 Å². The Labute approximate surface area is 638 Å². The predicted molar refractivity (Wildman–Crippen MR) is 428 cm³/mol. The zero-order valence-electron chi connectivity index (χ0n) is 68.5. The molecule has 4 unspecified atom stereocenters. The molecular weight excluding hydrogens is 1350 g/mol. The average molecular weight is 1520 g/mol.